The summed E-state index contributed by atoms with van der Waals surface area (Å²) in [6.07, 6.45) is 4.10. The fourth-order valence-electron chi connectivity index (χ4n) is 4.25. The van der Waals surface area contributed by atoms with E-state index in [-0.39, 0.29) is 41.4 Å². The maximum absolute atomic E-state index is 13.5. The molecule has 1 aromatic heterocycles. The molecule has 1 fully saturated rings. The molecule has 2 heterocycles. The van der Waals surface area contributed by atoms with Crippen molar-refractivity contribution in [2.24, 2.45) is 13.0 Å². The largest absolute Gasteiger partial charge is 0.342 e. The maximum atomic E-state index is 13.5. The minimum atomic E-state index is -3.78. The summed E-state index contributed by atoms with van der Waals surface area (Å²) in [6, 6.07) is 11.3. The van der Waals surface area contributed by atoms with Crippen LogP contribution in [0.5, 0.6) is 0 Å². The summed E-state index contributed by atoms with van der Waals surface area (Å²) in [5.41, 5.74) is 1.03. The van der Waals surface area contributed by atoms with E-state index in [2.05, 4.69) is 10.3 Å². The Morgan fingerprint density at radius 2 is 1.80 bits per heavy atom. The molecule has 1 unspecified atom stereocenters. The number of piperidine rings is 1. The van der Waals surface area contributed by atoms with E-state index in [1.165, 1.54) is 35.5 Å². The molecule has 1 amide bonds. The van der Waals surface area contributed by atoms with Crippen LogP contribution in [0.25, 0.3) is 0 Å². The van der Waals surface area contributed by atoms with Crippen LogP contribution < -0.4 is 5.32 Å². The fourth-order valence-corrected chi connectivity index (χ4v) is 5.77. The van der Waals surface area contributed by atoms with Gasteiger partial charge in [-0.15, -0.1) is 0 Å². The van der Waals surface area contributed by atoms with Crippen molar-refractivity contribution < 1.29 is 22.4 Å². The highest BCUT2D eigenvalue weighted by Gasteiger charge is 2.33. The minimum absolute atomic E-state index is 0.0688. The van der Waals surface area contributed by atoms with Gasteiger partial charge >= 0.3 is 0 Å². The predicted octanol–water partition coefficient (Wildman–Crippen LogP) is 3.07. The van der Waals surface area contributed by atoms with Gasteiger partial charge < -0.3 is 9.88 Å². The second-order valence-corrected chi connectivity index (χ2v) is 10.6. The van der Waals surface area contributed by atoms with Crippen molar-refractivity contribution in [3.05, 3.63) is 83.7 Å². The van der Waals surface area contributed by atoms with Crippen LogP contribution in [0.4, 0.5) is 4.39 Å². The standard InChI is InChI=1S/C25H27FN4O4S/c1-17(31)20-4-3-5-22(16-20)35(33,34)30-13-10-19(11-14-30)25(32)28-23(24-27-12-15-29(24)2)18-6-8-21(26)9-7-18/h3-9,12,15-16,19,23H,10-11,13-14H2,1-2H3,(H,28,32). The Labute approximate surface area is 203 Å². The summed E-state index contributed by atoms with van der Waals surface area (Å²) in [5, 5.41) is 3.02. The van der Waals surface area contributed by atoms with Gasteiger partial charge in [0.25, 0.3) is 0 Å². The van der Waals surface area contributed by atoms with Crippen molar-refractivity contribution in [2.45, 2.75) is 30.7 Å². The van der Waals surface area contributed by atoms with Gasteiger partial charge in [-0.05, 0) is 49.6 Å². The Hall–Kier alpha value is -3.37. The first kappa shape index (κ1) is 24.7. The van der Waals surface area contributed by atoms with E-state index in [1.54, 1.807) is 41.2 Å². The van der Waals surface area contributed by atoms with E-state index >= 15 is 0 Å². The van der Waals surface area contributed by atoms with Gasteiger partial charge in [-0.1, -0.05) is 24.3 Å². The van der Waals surface area contributed by atoms with Gasteiger partial charge in [0, 0.05) is 44.0 Å². The summed E-state index contributed by atoms with van der Waals surface area (Å²) in [5.74, 6) is -0.566. The monoisotopic (exact) mass is 498 g/mol. The van der Waals surface area contributed by atoms with Crippen LogP contribution >= 0.6 is 0 Å². The van der Waals surface area contributed by atoms with Crippen molar-refractivity contribution in [1.82, 2.24) is 19.2 Å². The van der Waals surface area contributed by atoms with Gasteiger partial charge in [-0.25, -0.2) is 17.8 Å². The maximum Gasteiger partial charge on any atom is 0.243 e. The molecule has 2 aromatic carbocycles. The molecule has 3 aromatic rings. The molecule has 4 rings (SSSR count). The second-order valence-electron chi connectivity index (χ2n) is 8.65. The van der Waals surface area contributed by atoms with E-state index in [9.17, 15) is 22.4 Å². The highest BCUT2D eigenvalue weighted by Crippen LogP contribution is 2.27. The molecule has 1 N–H and O–H groups in total. The first-order valence-electron chi connectivity index (χ1n) is 11.3. The number of aryl methyl sites for hydroxylation is 1. The van der Waals surface area contributed by atoms with E-state index in [1.807, 2.05) is 7.05 Å². The minimum Gasteiger partial charge on any atom is -0.342 e. The van der Waals surface area contributed by atoms with Crippen LogP contribution in [-0.4, -0.2) is 47.1 Å². The lowest BCUT2D eigenvalue weighted by molar-refractivity contribution is -0.126. The van der Waals surface area contributed by atoms with Crippen LogP contribution in [0.1, 0.15) is 47.6 Å². The number of carbonyl (C=O) groups excluding carboxylic acids is 2. The number of amides is 1. The van der Waals surface area contributed by atoms with Crippen molar-refractivity contribution >= 4 is 21.7 Å². The number of sulfonamides is 1. The molecule has 10 heteroatoms. The molecule has 184 valence electrons. The molecule has 1 aliphatic rings. The predicted molar refractivity (Wildman–Crippen MR) is 128 cm³/mol. The molecule has 0 radical (unpaired) electrons. The lowest BCUT2D eigenvalue weighted by Crippen LogP contribution is -2.44. The number of rotatable bonds is 7. The highest BCUT2D eigenvalue weighted by atomic mass is 32.2. The summed E-state index contributed by atoms with van der Waals surface area (Å²) < 4.78 is 42.8. The molecule has 0 saturated carbocycles. The SMILES string of the molecule is CC(=O)c1cccc(S(=O)(=O)N2CCC(C(=O)NC(c3ccc(F)cc3)c3nccn3C)CC2)c1. The van der Waals surface area contributed by atoms with Gasteiger partial charge in [0.05, 0.1) is 4.90 Å². The topological polar surface area (TPSA) is 101 Å². The van der Waals surface area contributed by atoms with Crippen molar-refractivity contribution in [3.63, 3.8) is 0 Å². The molecule has 35 heavy (non-hydrogen) atoms. The van der Waals surface area contributed by atoms with Gasteiger partial charge in [0.1, 0.15) is 17.7 Å². The van der Waals surface area contributed by atoms with Crippen molar-refractivity contribution in [3.8, 4) is 0 Å². The zero-order valence-electron chi connectivity index (χ0n) is 19.5. The fraction of sp³-hybridized carbons (Fsp3) is 0.320. The second kappa shape index (κ2) is 10.1. The number of imidazole rings is 1. The zero-order chi connectivity index (χ0) is 25.2. The van der Waals surface area contributed by atoms with E-state index in [0.29, 0.717) is 29.8 Å². The van der Waals surface area contributed by atoms with E-state index in [0.717, 1.165) is 0 Å². The Balaban J connectivity index is 1.46. The first-order chi connectivity index (χ1) is 16.7. The quantitative estimate of drug-likeness (QED) is 0.505. The van der Waals surface area contributed by atoms with Gasteiger partial charge in [0.15, 0.2) is 5.78 Å². The molecule has 0 aliphatic carbocycles. The molecule has 0 spiro atoms. The summed E-state index contributed by atoms with van der Waals surface area (Å²) in [6.45, 7) is 1.77. The van der Waals surface area contributed by atoms with Gasteiger partial charge in [-0.2, -0.15) is 4.31 Å². The molecular weight excluding hydrogens is 471 g/mol. The van der Waals surface area contributed by atoms with E-state index < -0.39 is 16.1 Å². The number of hydrogen-bond acceptors (Lipinski definition) is 5. The molecule has 1 aliphatic heterocycles. The Bertz CT molecular complexity index is 1330. The van der Waals surface area contributed by atoms with Crippen LogP contribution in [0, 0.1) is 11.7 Å². The highest BCUT2D eigenvalue weighted by molar-refractivity contribution is 7.89. The third-order valence-electron chi connectivity index (χ3n) is 6.31. The Kier molecular flexibility index (Phi) is 7.13. The summed E-state index contributed by atoms with van der Waals surface area (Å²) in [7, 11) is -1.96. The summed E-state index contributed by atoms with van der Waals surface area (Å²) in [4.78, 5) is 29.3. The smallest absolute Gasteiger partial charge is 0.243 e. The number of aromatic nitrogens is 2. The normalized spacial score (nSPS) is 16.1. The van der Waals surface area contributed by atoms with Crippen molar-refractivity contribution in [2.75, 3.05) is 13.1 Å². The Morgan fingerprint density at radius 3 is 2.40 bits per heavy atom. The lowest BCUT2D eigenvalue weighted by atomic mass is 9.96. The zero-order valence-corrected chi connectivity index (χ0v) is 20.3. The van der Waals surface area contributed by atoms with Gasteiger partial charge in [0.2, 0.25) is 15.9 Å². The number of ketones is 1. The van der Waals surface area contributed by atoms with E-state index in [4.69, 9.17) is 0 Å². The number of carbonyl (C=O) groups is 2. The number of nitrogens with one attached hydrogen (secondary N) is 1. The molecular formula is C25H27FN4O4S. The number of halogens is 1. The van der Waals surface area contributed by atoms with Gasteiger partial charge in [-0.3, -0.25) is 9.59 Å². The molecule has 1 saturated heterocycles. The van der Waals surface area contributed by atoms with Crippen LogP contribution in [0.2, 0.25) is 0 Å². The van der Waals surface area contributed by atoms with Crippen LogP contribution in [-0.2, 0) is 21.9 Å². The average Bonchev–Trinajstić information content (AvgIpc) is 3.28. The summed E-state index contributed by atoms with van der Waals surface area (Å²) >= 11 is 0. The third-order valence-corrected chi connectivity index (χ3v) is 8.20. The number of nitrogens with zero attached hydrogens (tertiary/aromatic N) is 3. The molecule has 0 bridgehead atoms. The number of hydrogen-bond donors (Lipinski definition) is 1. The average molecular weight is 499 g/mol. The Morgan fingerprint density at radius 1 is 1.11 bits per heavy atom. The lowest BCUT2D eigenvalue weighted by Gasteiger charge is -2.31. The van der Waals surface area contributed by atoms with Crippen LogP contribution in [0.15, 0.2) is 65.8 Å². The molecule has 1 atom stereocenters. The number of Topliss-reactive ketones (excluding diaryl/α,β-unsaturated/α-hetero) is 1. The van der Waals surface area contributed by atoms with Crippen LogP contribution in [0.3, 0.4) is 0 Å². The third kappa shape index (κ3) is 5.33. The van der Waals surface area contributed by atoms with Crippen molar-refractivity contribution in [1.29, 1.82) is 0 Å². The first-order valence-corrected chi connectivity index (χ1v) is 12.7. The number of benzene rings is 2. The molecule has 8 nitrogen and oxygen atoms in total.